The van der Waals surface area contributed by atoms with Gasteiger partial charge in [-0.25, -0.2) is 0 Å². The molecule has 0 N–H and O–H groups in total. The molecule has 0 aromatic heterocycles. The van der Waals surface area contributed by atoms with Gasteiger partial charge in [0.15, 0.2) is 0 Å². The zero-order chi connectivity index (χ0) is 12.7. The van der Waals surface area contributed by atoms with Crippen LogP contribution in [0.2, 0.25) is 0 Å². The van der Waals surface area contributed by atoms with E-state index in [2.05, 4.69) is 20.1 Å². The van der Waals surface area contributed by atoms with Gasteiger partial charge in [0, 0.05) is 41.5 Å². The molecule has 0 aromatic carbocycles. The minimum absolute atomic E-state index is 0.235. The van der Waals surface area contributed by atoms with Gasteiger partial charge in [-0.3, -0.25) is 0 Å². The van der Waals surface area contributed by atoms with E-state index >= 15 is 0 Å². The average Bonchev–Trinajstić information content (AvgIpc) is 2.59. The van der Waals surface area contributed by atoms with Gasteiger partial charge in [0.2, 0.25) is 0 Å². The summed E-state index contributed by atoms with van der Waals surface area (Å²) >= 11 is 0. The van der Waals surface area contributed by atoms with E-state index in [1.165, 1.54) is 0 Å². The molecule has 0 unspecified atom stereocenters. The summed E-state index contributed by atoms with van der Waals surface area (Å²) in [6, 6.07) is -0.637. The van der Waals surface area contributed by atoms with Crippen LogP contribution in [0.1, 0.15) is 12.8 Å². The Hall–Kier alpha value is -1.46. The van der Waals surface area contributed by atoms with E-state index in [1.807, 2.05) is 0 Å². The highest BCUT2D eigenvalue weighted by Gasteiger charge is 2.44. The first-order valence-corrected chi connectivity index (χ1v) is 5.27. The SMILES string of the molecule is COCC1(COC)C[C@@H](N=[N+]=[N-])[C@H](N=[N+]=[N-])C1. The molecule has 0 heterocycles. The Labute approximate surface area is 99.1 Å². The predicted molar refractivity (Wildman–Crippen MR) is 61.3 cm³/mol. The lowest BCUT2D eigenvalue weighted by Crippen LogP contribution is -2.29. The summed E-state index contributed by atoms with van der Waals surface area (Å²) in [5.41, 5.74) is 16.8. The summed E-state index contributed by atoms with van der Waals surface area (Å²) in [6.07, 6.45) is 1.23. The molecule has 0 amide bonds. The standard InChI is InChI=1S/C9H16N6O2/c1-16-5-9(6-17-2)3-7(12-14-10)8(4-9)13-15-11/h7-8H,3-6H2,1-2H3/t7-,8-/m1/s1. The summed E-state index contributed by atoms with van der Waals surface area (Å²) in [5, 5.41) is 7.38. The zero-order valence-corrected chi connectivity index (χ0v) is 9.98. The number of methoxy groups -OCH3 is 2. The minimum atomic E-state index is -0.318. The second-order valence-electron chi connectivity index (χ2n) is 4.32. The molecule has 0 bridgehead atoms. The predicted octanol–water partition coefficient (Wildman–Crippen LogP) is 2.42. The summed E-state index contributed by atoms with van der Waals surface area (Å²) in [5.74, 6) is 0. The highest BCUT2D eigenvalue weighted by molar-refractivity contribution is 5.01. The molecule has 17 heavy (non-hydrogen) atoms. The fraction of sp³-hybridized carbons (Fsp3) is 1.00. The van der Waals surface area contributed by atoms with E-state index in [9.17, 15) is 0 Å². The van der Waals surface area contributed by atoms with Crippen LogP contribution in [-0.4, -0.2) is 39.5 Å². The molecule has 1 fully saturated rings. The van der Waals surface area contributed by atoms with Gasteiger partial charge in [0.1, 0.15) is 0 Å². The van der Waals surface area contributed by atoms with Gasteiger partial charge < -0.3 is 9.47 Å². The molecule has 0 saturated heterocycles. The molecule has 0 spiro atoms. The lowest BCUT2D eigenvalue weighted by atomic mass is 9.88. The third-order valence-electron chi connectivity index (χ3n) is 3.03. The number of nitrogens with zero attached hydrogens (tertiary/aromatic N) is 6. The maximum absolute atomic E-state index is 8.50. The first-order chi connectivity index (χ1) is 8.21. The second kappa shape index (κ2) is 6.32. The highest BCUT2D eigenvalue weighted by Crippen LogP contribution is 2.42. The van der Waals surface area contributed by atoms with Crippen molar-refractivity contribution in [3.8, 4) is 0 Å². The van der Waals surface area contributed by atoms with Crippen LogP contribution in [0.15, 0.2) is 10.2 Å². The second-order valence-corrected chi connectivity index (χ2v) is 4.32. The van der Waals surface area contributed by atoms with Crippen LogP contribution < -0.4 is 0 Å². The van der Waals surface area contributed by atoms with Crippen molar-refractivity contribution in [1.29, 1.82) is 0 Å². The van der Waals surface area contributed by atoms with Crippen LogP contribution in [0, 0.1) is 5.41 Å². The van der Waals surface area contributed by atoms with Crippen LogP contribution in [0.3, 0.4) is 0 Å². The maximum Gasteiger partial charge on any atom is 0.0540 e. The Balaban J connectivity index is 2.89. The molecular formula is C9H16N6O2. The van der Waals surface area contributed by atoms with E-state index in [0.29, 0.717) is 26.1 Å². The van der Waals surface area contributed by atoms with E-state index < -0.39 is 0 Å². The van der Waals surface area contributed by atoms with E-state index in [1.54, 1.807) is 14.2 Å². The smallest absolute Gasteiger partial charge is 0.0540 e. The molecule has 1 aliphatic rings. The topological polar surface area (TPSA) is 116 Å². The molecule has 1 rings (SSSR count). The van der Waals surface area contributed by atoms with Gasteiger partial charge in [-0.15, -0.1) is 0 Å². The van der Waals surface area contributed by atoms with Crippen LogP contribution in [0.4, 0.5) is 0 Å². The summed E-state index contributed by atoms with van der Waals surface area (Å²) < 4.78 is 10.4. The number of azide groups is 2. The zero-order valence-electron chi connectivity index (χ0n) is 9.98. The molecule has 2 atom stereocenters. The Bertz CT molecular complexity index is 313. The quantitative estimate of drug-likeness (QED) is 0.402. The normalized spacial score (nSPS) is 26.0. The lowest BCUT2D eigenvalue weighted by Gasteiger charge is -2.27. The molecular weight excluding hydrogens is 224 g/mol. The Morgan fingerprint density at radius 3 is 1.76 bits per heavy atom. The van der Waals surface area contributed by atoms with Crippen LogP contribution in [0.25, 0.3) is 20.9 Å². The summed E-state index contributed by atoms with van der Waals surface area (Å²) in [6.45, 7) is 0.992. The Kier molecular flexibility index (Phi) is 5.06. The van der Waals surface area contributed by atoms with Crippen molar-refractivity contribution in [3.05, 3.63) is 20.9 Å². The van der Waals surface area contributed by atoms with Crippen LogP contribution in [-0.2, 0) is 9.47 Å². The number of rotatable bonds is 6. The van der Waals surface area contributed by atoms with Crippen molar-refractivity contribution in [2.24, 2.45) is 15.6 Å². The lowest BCUT2D eigenvalue weighted by molar-refractivity contribution is 0.0131. The van der Waals surface area contributed by atoms with Gasteiger partial charge in [-0.2, -0.15) is 0 Å². The fourth-order valence-electron chi connectivity index (χ4n) is 2.50. The van der Waals surface area contributed by atoms with Gasteiger partial charge in [0.05, 0.1) is 13.2 Å². The molecule has 8 heteroatoms. The molecule has 0 aromatic rings. The third-order valence-corrected chi connectivity index (χ3v) is 3.03. The molecule has 94 valence electrons. The molecule has 0 radical (unpaired) electrons. The minimum Gasteiger partial charge on any atom is -0.384 e. The molecule has 1 saturated carbocycles. The Morgan fingerprint density at radius 2 is 1.47 bits per heavy atom. The largest absolute Gasteiger partial charge is 0.384 e. The number of hydrogen-bond donors (Lipinski definition) is 0. The monoisotopic (exact) mass is 240 g/mol. The van der Waals surface area contributed by atoms with Crippen molar-refractivity contribution in [2.45, 2.75) is 24.9 Å². The van der Waals surface area contributed by atoms with E-state index in [4.69, 9.17) is 20.5 Å². The van der Waals surface area contributed by atoms with E-state index in [0.717, 1.165) is 0 Å². The Morgan fingerprint density at radius 1 is 1.06 bits per heavy atom. The first kappa shape index (κ1) is 13.6. The fourth-order valence-corrected chi connectivity index (χ4v) is 2.50. The van der Waals surface area contributed by atoms with Gasteiger partial charge >= 0.3 is 0 Å². The average molecular weight is 240 g/mol. The number of ether oxygens (including phenoxy) is 2. The summed E-state index contributed by atoms with van der Waals surface area (Å²) in [4.78, 5) is 5.59. The van der Waals surface area contributed by atoms with Gasteiger partial charge in [0.25, 0.3) is 0 Å². The van der Waals surface area contributed by atoms with E-state index in [-0.39, 0.29) is 17.5 Å². The van der Waals surface area contributed by atoms with Gasteiger partial charge in [-0.1, -0.05) is 10.2 Å². The third kappa shape index (κ3) is 3.25. The highest BCUT2D eigenvalue weighted by atomic mass is 16.5. The van der Waals surface area contributed by atoms with Crippen LogP contribution in [0.5, 0.6) is 0 Å². The van der Waals surface area contributed by atoms with Gasteiger partial charge in [-0.05, 0) is 23.9 Å². The number of hydrogen-bond acceptors (Lipinski definition) is 4. The molecule has 1 aliphatic carbocycles. The summed E-state index contributed by atoms with van der Waals surface area (Å²) in [7, 11) is 3.22. The molecule has 8 nitrogen and oxygen atoms in total. The first-order valence-electron chi connectivity index (χ1n) is 5.27. The van der Waals surface area contributed by atoms with Crippen molar-refractivity contribution in [3.63, 3.8) is 0 Å². The molecule has 0 aliphatic heterocycles. The van der Waals surface area contributed by atoms with Crippen molar-refractivity contribution in [1.82, 2.24) is 0 Å². The van der Waals surface area contributed by atoms with Crippen molar-refractivity contribution in [2.75, 3.05) is 27.4 Å². The van der Waals surface area contributed by atoms with Crippen molar-refractivity contribution < 1.29 is 9.47 Å². The maximum atomic E-state index is 8.50. The van der Waals surface area contributed by atoms with Crippen LogP contribution >= 0.6 is 0 Å². The van der Waals surface area contributed by atoms with Crippen molar-refractivity contribution >= 4 is 0 Å².